The first-order chi connectivity index (χ1) is 15.7. The third kappa shape index (κ3) is 4.52. The molecular formula is C24H17F3N4OS. The number of nitriles is 1. The topological polar surface area (TPSA) is 77.8 Å². The average molecular weight is 466 g/mol. The van der Waals surface area contributed by atoms with E-state index in [1.165, 1.54) is 17.4 Å². The monoisotopic (exact) mass is 466 g/mol. The summed E-state index contributed by atoms with van der Waals surface area (Å²) >= 11 is 1.32. The maximum absolute atomic E-state index is 13.5. The molecule has 0 aliphatic carbocycles. The summed E-state index contributed by atoms with van der Waals surface area (Å²) < 4.78 is 40.5. The number of rotatable bonds is 4. The van der Waals surface area contributed by atoms with Crippen LogP contribution in [-0.2, 0) is 6.18 Å². The van der Waals surface area contributed by atoms with E-state index >= 15 is 0 Å². The third-order valence-corrected chi connectivity index (χ3v) is 6.06. The lowest BCUT2D eigenvalue weighted by Crippen LogP contribution is -2.43. The predicted octanol–water partition coefficient (Wildman–Crippen LogP) is 6.13. The van der Waals surface area contributed by atoms with Crippen LogP contribution in [0.3, 0.4) is 0 Å². The first kappa shape index (κ1) is 22.3. The lowest BCUT2D eigenvalue weighted by atomic mass is 9.92. The fourth-order valence-corrected chi connectivity index (χ4v) is 4.56. The number of carbonyl (C=O) groups excluding carboxylic acids is 1. The highest BCUT2D eigenvalue weighted by atomic mass is 32.1. The lowest BCUT2D eigenvalue weighted by Gasteiger charge is -2.29. The summed E-state index contributed by atoms with van der Waals surface area (Å²) in [4.78, 5) is 16.9. The number of thiazole rings is 1. The van der Waals surface area contributed by atoms with Crippen LogP contribution in [-0.4, -0.2) is 11.0 Å². The van der Waals surface area contributed by atoms with Gasteiger partial charge in [-0.25, -0.2) is 9.78 Å². The van der Waals surface area contributed by atoms with Gasteiger partial charge < -0.3 is 10.6 Å². The van der Waals surface area contributed by atoms with Gasteiger partial charge in [0.05, 0.1) is 28.9 Å². The zero-order valence-electron chi connectivity index (χ0n) is 17.3. The summed E-state index contributed by atoms with van der Waals surface area (Å²) in [5.74, 6) is 0. The molecule has 0 radical (unpaired) electrons. The smallest absolute Gasteiger partial charge is 0.327 e. The molecule has 2 aromatic carbocycles. The van der Waals surface area contributed by atoms with E-state index < -0.39 is 23.8 Å². The predicted molar refractivity (Wildman–Crippen MR) is 121 cm³/mol. The van der Waals surface area contributed by atoms with Gasteiger partial charge >= 0.3 is 12.2 Å². The molecule has 166 valence electrons. The standard InChI is InChI=1S/C24H17F3N4OS/c1-3-14-8-17(10-18(9-14)24(25,26)27)21-20(13(2)29-23(32)31-21)22-30-19(12-33-22)16-6-4-15(11-28)5-7-16/h3-10,12,21H,1H2,2H3,(H2,29,31,32). The molecule has 4 rings (SSSR count). The molecule has 0 spiro atoms. The van der Waals surface area contributed by atoms with Crippen LogP contribution in [0.25, 0.3) is 22.9 Å². The summed E-state index contributed by atoms with van der Waals surface area (Å²) in [6, 6.07) is 11.3. The Morgan fingerprint density at radius 1 is 1.21 bits per heavy atom. The Bertz CT molecular complexity index is 1320. The van der Waals surface area contributed by atoms with Gasteiger partial charge in [-0.05, 0) is 48.4 Å². The van der Waals surface area contributed by atoms with Crippen molar-refractivity contribution >= 4 is 29.0 Å². The van der Waals surface area contributed by atoms with Crippen molar-refractivity contribution in [2.75, 3.05) is 0 Å². The van der Waals surface area contributed by atoms with Crippen LogP contribution in [0, 0.1) is 11.3 Å². The third-order valence-electron chi connectivity index (χ3n) is 5.19. The number of alkyl halides is 3. The summed E-state index contributed by atoms with van der Waals surface area (Å²) in [5.41, 5.74) is 2.81. The van der Waals surface area contributed by atoms with Crippen molar-refractivity contribution in [2.24, 2.45) is 0 Å². The Balaban J connectivity index is 1.80. The van der Waals surface area contributed by atoms with E-state index in [9.17, 15) is 18.0 Å². The number of urea groups is 1. The Kier molecular flexibility index (Phi) is 5.78. The van der Waals surface area contributed by atoms with Crippen LogP contribution in [0.5, 0.6) is 0 Å². The maximum Gasteiger partial charge on any atom is 0.416 e. The number of amides is 2. The molecule has 1 unspecified atom stereocenters. The van der Waals surface area contributed by atoms with Crippen LogP contribution in [0.15, 0.2) is 60.1 Å². The molecule has 0 saturated carbocycles. The number of nitrogens with one attached hydrogen (secondary N) is 2. The highest BCUT2D eigenvalue weighted by molar-refractivity contribution is 7.11. The van der Waals surface area contributed by atoms with Gasteiger partial charge in [0.1, 0.15) is 5.01 Å². The molecule has 1 aromatic heterocycles. The second-order valence-corrected chi connectivity index (χ2v) is 8.25. The second-order valence-electron chi connectivity index (χ2n) is 7.39. The van der Waals surface area contributed by atoms with E-state index in [2.05, 4.69) is 28.3 Å². The van der Waals surface area contributed by atoms with Crippen molar-refractivity contribution in [3.8, 4) is 17.3 Å². The highest BCUT2D eigenvalue weighted by Gasteiger charge is 2.34. The van der Waals surface area contributed by atoms with E-state index in [0.717, 1.165) is 17.7 Å². The molecule has 1 aliphatic heterocycles. The van der Waals surface area contributed by atoms with Gasteiger partial charge in [-0.15, -0.1) is 11.3 Å². The molecule has 2 heterocycles. The molecule has 5 nitrogen and oxygen atoms in total. The van der Waals surface area contributed by atoms with Gasteiger partial charge in [0.2, 0.25) is 0 Å². The van der Waals surface area contributed by atoms with Crippen molar-refractivity contribution in [3.05, 3.63) is 87.4 Å². The Morgan fingerprint density at radius 3 is 2.58 bits per heavy atom. The second kappa shape index (κ2) is 8.56. The largest absolute Gasteiger partial charge is 0.416 e. The van der Waals surface area contributed by atoms with Crippen LogP contribution >= 0.6 is 11.3 Å². The fraction of sp³-hybridized carbons (Fsp3) is 0.125. The molecule has 0 fully saturated rings. The SMILES string of the molecule is C=Cc1cc(C2NC(=O)NC(C)=C2c2nc(-c3ccc(C#N)cc3)cs2)cc(C(F)(F)F)c1. The highest BCUT2D eigenvalue weighted by Crippen LogP contribution is 2.40. The maximum atomic E-state index is 13.5. The summed E-state index contributed by atoms with van der Waals surface area (Å²) in [6.45, 7) is 5.27. The quantitative estimate of drug-likeness (QED) is 0.486. The van der Waals surface area contributed by atoms with Gasteiger partial charge in [-0.3, -0.25) is 0 Å². The molecule has 9 heteroatoms. The molecule has 2 N–H and O–H groups in total. The van der Waals surface area contributed by atoms with Crippen molar-refractivity contribution in [1.82, 2.24) is 15.6 Å². The minimum atomic E-state index is -4.55. The number of halogens is 3. The van der Waals surface area contributed by atoms with E-state index in [4.69, 9.17) is 5.26 Å². The molecule has 2 amide bonds. The van der Waals surface area contributed by atoms with E-state index in [0.29, 0.717) is 33.1 Å². The fourth-order valence-electron chi connectivity index (χ4n) is 3.60. The number of aromatic nitrogens is 1. The van der Waals surface area contributed by atoms with Crippen LogP contribution in [0.4, 0.5) is 18.0 Å². The number of hydrogen-bond donors (Lipinski definition) is 2. The number of nitrogens with zero attached hydrogens (tertiary/aromatic N) is 2. The Labute approximate surface area is 191 Å². The van der Waals surface area contributed by atoms with Crippen LogP contribution in [0.1, 0.15) is 40.2 Å². The number of hydrogen-bond acceptors (Lipinski definition) is 4. The summed E-state index contributed by atoms with van der Waals surface area (Å²) in [6.07, 6.45) is -3.21. The van der Waals surface area contributed by atoms with Gasteiger partial charge in [0.25, 0.3) is 0 Å². The first-order valence-corrected chi connectivity index (χ1v) is 10.7. The van der Waals surface area contributed by atoms with Crippen LogP contribution in [0.2, 0.25) is 0 Å². The van der Waals surface area contributed by atoms with E-state index in [1.54, 1.807) is 37.3 Å². The Hall–Kier alpha value is -3.90. The van der Waals surface area contributed by atoms with Crippen molar-refractivity contribution in [1.29, 1.82) is 5.26 Å². The van der Waals surface area contributed by atoms with Gasteiger partial charge in [-0.1, -0.05) is 24.8 Å². The normalized spacial score (nSPS) is 16.1. The van der Waals surface area contributed by atoms with Crippen molar-refractivity contribution in [2.45, 2.75) is 19.1 Å². The van der Waals surface area contributed by atoms with Gasteiger partial charge in [0.15, 0.2) is 0 Å². The number of benzene rings is 2. The molecule has 33 heavy (non-hydrogen) atoms. The molecule has 1 atom stereocenters. The van der Waals surface area contributed by atoms with Gasteiger partial charge in [-0.2, -0.15) is 18.4 Å². The molecular weight excluding hydrogens is 449 g/mol. The van der Waals surface area contributed by atoms with E-state index in [1.807, 2.05) is 5.38 Å². The molecule has 0 bridgehead atoms. The lowest BCUT2D eigenvalue weighted by molar-refractivity contribution is -0.137. The van der Waals surface area contributed by atoms with Crippen molar-refractivity contribution < 1.29 is 18.0 Å². The summed E-state index contributed by atoms with van der Waals surface area (Å²) in [5, 5.41) is 16.8. The van der Waals surface area contributed by atoms with Gasteiger partial charge in [0, 0.05) is 22.2 Å². The molecule has 0 saturated heterocycles. The van der Waals surface area contributed by atoms with Crippen molar-refractivity contribution in [3.63, 3.8) is 0 Å². The van der Waals surface area contributed by atoms with E-state index in [-0.39, 0.29) is 5.56 Å². The number of carbonyl (C=O) groups is 1. The Morgan fingerprint density at radius 2 is 1.94 bits per heavy atom. The van der Waals surface area contributed by atoms with Crippen LogP contribution < -0.4 is 10.6 Å². The zero-order chi connectivity index (χ0) is 23.8. The first-order valence-electron chi connectivity index (χ1n) is 9.79. The average Bonchev–Trinajstić information content (AvgIpc) is 3.27. The zero-order valence-corrected chi connectivity index (χ0v) is 18.1. The molecule has 3 aromatic rings. The number of allylic oxidation sites excluding steroid dienone is 1. The molecule has 1 aliphatic rings. The minimum Gasteiger partial charge on any atom is -0.327 e. The summed E-state index contributed by atoms with van der Waals surface area (Å²) in [7, 11) is 0. The minimum absolute atomic E-state index is 0.277.